The third-order valence-electron chi connectivity index (χ3n) is 3.15. The van der Waals surface area contributed by atoms with Crippen molar-refractivity contribution in [3.8, 4) is 5.75 Å². The van der Waals surface area contributed by atoms with Crippen molar-refractivity contribution in [3.63, 3.8) is 0 Å². The molecule has 0 aliphatic carbocycles. The minimum Gasteiger partial charge on any atom is -0.484 e. The molecule has 0 aliphatic heterocycles. The predicted molar refractivity (Wildman–Crippen MR) is 84.9 cm³/mol. The molecule has 0 atom stereocenters. The molecule has 0 bridgehead atoms. The Morgan fingerprint density at radius 2 is 1.68 bits per heavy atom. The van der Waals surface area contributed by atoms with E-state index in [2.05, 4.69) is 12.2 Å². The summed E-state index contributed by atoms with van der Waals surface area (Å²) in [5, 5.41) is 2.68. The summed E-state index contributed by atoms with van der Waals surface area (Å²) in [6.45, 7) is 2.00. The van der Waals surface area contributed by atoms with Gasteiger partial charge in [0, 0.05) is 11.3 Å². The largest absolute Gasteiger partial charge is 0.484 e. The van der Waals surface area contributed by atoms with Crippen LogP contribution in [0.4, 0.5) is 5.69 Å². The van der Waals surface area contributed by atoms with Gasteiger partial charge < -0.3 is 15.8 Å². The van der Waals surface area contributed by atoms with Crippen LogP contribution in [0.2, 0.25) is 0 Å². The van der Waals surface area contributed by atoms with Crippen LogP contribution >= 0.6 is 0 Å². The fraction of sp³-hybridized carbons (Fsp3) is 0.176. The van der Waals surface area contributed by atoms with E-state index in [-0.39, 0.29) is 12.5 Å². The van der Waals surface area contributed by atoms with Gasteiger partial charge in [0.15, 0.2) is 6.61 Å². The predicted octanol–water partition coefficient (Wildman–Crippen LogP) is 2.37. The van der Waals surface area contributed by atoms with E-state index < -0.39 is 5.91 Å². The SMILES string of the molecule is CCc1ccc(OCC(=O)Nc2ccc(C(N)=O)cc2)cc1. The Bertz CT molecular complexity index is 649. The second kappa shape index (κ2) is 7.26. The van der Waals surface area contributed by atoms with Gasteiger partial charge in [0.05, 0.1) is 0 Å². The van der Waals surface area contributed by atoms with Crippen LogP contribution in [0.25, 0.3) is 0 Å². The van der Waals surface area contributed by atoms with Gasteiger partial charge in [0.25, 0.3) is 5.91 Å². The standard InChI is InChI=1S/C17H18N2O3/c1-2-12-3-9-15(10-4-12)22-11-16(20)19-14-7-5-13(6-8-14)17(18)21/h3-10H,2,11H2,1H3,(H2,18,21)(H,19,20). The highest BCUT2D eigenvalue weighted by molar-refractivity contribution is 5.95. The fourth-order valence-electron chi connectivity index (χ4n) is 1.89. The quantitative estimate of drug-likeness (QED) is 0.859. The van der Waals surface area contributed by atoms with E-state index >= 15 is 0 Å². The summed E-state index contributed by atoms with van der Waals surface area (Å²) in [5.74, 6) is -0.125. The molecule has 0 unspecified atom stereocenters. The van der Waals surface area contributed by atoms with Crippen LogP contribution < -0.4 is 15.8 Å². The van der Waals surface area contributed by atoms with E-state index in [0.29, 0.717) is 17.0 Å². The van der Waals surface area contributed by atoms with Crippen LogP contribution in [-0.2, 0) is 11.2 Å². The average molecular weight is 298 g/mol. The Morgan fingerprint density at radius 3 is 2.23 bits per heavy atom. The first-order valence-electron chi connectivity index (χ1n) is 7.00. The number of amides is 2. The molecule has 0 fully saturated rings. The monoisotopic (exact) mass is 298 g/mol. The van der Waals surface area contributed by atoms with E-state index in [9.17, 15) is 9.59 Å². The van der Waals surface area contributed by atoms with Crippen LogP contribution in [0.15, 0.2) is 48.5 Å². The summed E-state index contributed by atoms with van der Waals surface area (Å²) < 4.78 is 5.42. The van der Waals surface area contributed by atoms with Crippen LogP contribution in [0.1, 0.15) is 22.8 Å². The molecule has 2 aromatic carbocycles. The third kappa shape index (κ3) is 4.34. The number of ether oxygens (including phenoxy) is 1. The van der Waals surface area contributed by atoms with Crippen molar-refractivity contribution in [2.45, 2.75) is 13.3 Å². The molecule has 5 heteroatoms. The summed E-state index contributed by atoms with van der Waals surface area (Å²) in [7, 11) is 0. The molecule has 114 valence electrons. The second-order valence-electron chi connectivity index (χ2n) is 4.78. The number of hydrogen-bond donors (Lipinski definition) is 2. The van der Waals surface area contributed by atoms with E-state index in [1.165, 1.54) is 5.56 Å². The first kappa shape index (κ1) is 15.6. The van der Waals surface area contributed by atoms with Crippen LogP contribution in [-0.4, -0.2) is 18.4 Å². The molecular formula is C17H18N2O3. The van der Waals surface area contributed by atoms with Gasteiger partial charge in [-0.25, -0.2) is 0 Å². The minimum absolute atomic E-state index is 0.0803. The molecule has 0 spiro atoms. The van der Waals surface area contributed by atoms with Crippen LogP contribution in [0.3, 0.4) is 0 Å². The Morgan fingerprint density at radius 1 is 1.05 bits per heavy atom. The van der Waals surface area contributed by atoms with Gasteiger partial charge in [-0.05, 0) is 48.4 Å². The maximum absolute atomic E-state index is 11.8. The van der Waals surface area contributed by atoms with Gasteiger partial charge >= 0.3 is 0 Å². The third-order valence-corrected chi connectivity index (χ3v) is 3.15. The van der Waals surface area contributed by atoms with Gasteiger partial charge in [0.2, 0.25) is 5.91 Å². The zero-order chi connectivity index (χ0) is 15.9. The molecule has 22 heavy (non-hydrogen) atoms. The van der Waals surface area contributed by atoms with E-state index in [0.717, 1.165) is 6.42 Å². The molecule has 0 radical (unpaired) electrons. The van der Waals surface area contributed by atoms with Gasteiger partial charge in [-0.15, -0.1) is 0 Å². The molecule has 0 saturated heterocycles. The number of aryl methyl sites for hydroxylation is 1. The van der Waals surface area contributed by atoms with Crippen molar-refractivity contribution in [2.75, 3.05) is 11.9 Å². The van der Waals surface area contributed by atoms with Gasteiger partial charge in [-0.2, -0.15) is 0 Å². The molecule has 0 heterocycles. The number of primary amides is 1. The summed E-state index contributed by atoms with van der Waals surface area (Å²) in [4.78, 5) is 22.8. The Balaban J connectivity index is 1.85. The summed E-state index contributed by atoms with van der Waals surface area (Å²) in [6.07, 6.45) is 0.960. The number of nitrogens with one attached hydrogen (secondary N) is 1. The Hall–Kier alpha value is -2.82. The molecule has 5 nitrogen and oxygen atoms in total. The van der Waals surface area contributed by atoms with Crippen LogP contribution in [0, 0.1) is 0 Å². The highest BCUT2D eigenvalue weighted by Crippen LogP contribution is 2.13. The van der Waals surface area contributed by atoms with Crippen LogP contribution in [0.5, 0.6) is 5.75 Å². The molecule has 0 aromatic heterocycles. The lowest BCUT2D eigenvalue weighted by Gasteiger charge is -2.08. The van der Waals surface area contributed by atoms with Gasteiger partial charge in [-0.3, -0.25) is 9.59 Å². The lowest BCUT2D eigenvalue weighted by molar-refractivity contribution is -0.118. The number of benzene rings is 2. The number of carbonyl (C=O) groups is 2. The van der Waals surface area contributed by atoms with Gasteiger partial charge in [0.1, 0.15) is 5.75 Å². The number of carbonyl (C=O) groups excluding carboxylic acids is 2. The fourth-order valence-corrected chi connectivity index (χ4v) is 1.89. The first-order valence-corrected chi connectivity index (χ1v) is 7.00. The Kier molecular flexibility index (Phi) is 5.14. The average Bonchev–Trinajstić information content (AvgIpc) is 2.54. The molecular weight excluding hydrogens is 280 g/mol. The van der Waals surface area contributed by atoms with E-state index in [1.54, 1.807) is 24.3 Å². The molecule has 2 aromatic rings. The van der Waals surface area contributed by atoms with Crippen molar-refractivity contribution in [1.82, 2.24) is 0 Å². The molecule has 2 amide bonds. The first-order chi connectivity index (χ1) is 10.6. The number of rotatable bonds is 6. The maximum Gasteiger partial charge on any atom is 0.262 e. The van der Waals surface area contributed by atoms with Gasteiger partial charge in [-0.1, -0.05) is 19.1 Å². The number of nitrogens with two attached hydrogens (primary N) is 1. The van der Waals surface area contributed by atoms with Crippen molar-refractivity contribution >= 4 is 17.5 Å². The normalized spacial score (nSPS) is 10.0. The van der Waals surface area contributed by atoms with E-state index in [1.807, 2.05) is 24.3 Å². The molecule has 0 saturated carbocycles. The Labute approximate surface area is 129 Å². The summed E-state index contributed by atoms with van der Waals surface area (Å²) in [6, 6.07) is 14.0. The van der Waals surface area contributed by atoms with Crippen molar-refractivity contribution in [2.24, 2.45) is 5.73 Å². The molecule has 2 rings (SSSR count). The van der Waals surface area contributed by atoms with E-state index in [4.69, 9.17) is 10.5 Å². The summed E-state index contributed by atoms with van der Waals surface area (Å²) >= 11 is 0. The number of hydrogen-bond acceptors (Lipinski definition) is 3. The highest BCUT2D eigenvalue weighted by atomic mass is 16.5. The maximum atomic E-state index is 11.8. The van der Waals surface area contributed by atoms with Crippen molar-refractivity contribution in [1.29, 1.82) is 0 Å². The minimum atomic E-state index is -0.503. The lowest BCUT2D eigenvalue weighted by Crippen LogP contribution is -2.20. The lowest BCUT2D eigenvalue weighted by atomic mass is 10.2. The van der Waals surface area contributed by atoms with Crippen molar-refractivity contribution < 1.29 is 14.3 Å². The molecule has 0 aliphatic rings. The second-order valence-corrected chi connectivity index (χ2v) is 4.78. The molecule has 3 N–H and O–H groups in total. The smallest absolute Gasteiger partial charge is 0.262 e. The topological polar surface area (TPSA) is 81.4 Å². The zero-order valence-corrected chi connectivity index (χ0v) is 12.3. The number of anilines is 1. The summed E-state index contributed by atoms with van der Waals surface area (Å²) in [5.41, 5.74) is 7.34. The van der Waals surface area contributed by atoms with Crippen molar-refractivity contribution in [3.05, 3.63) is 59.7 Å². The zero-order valence-electron chi connectivity index (χ0n) is 12.3. The highest BCUT2D eigenvalue weighted by Gasteiger charge is 2.05.